The summed E-state index contributed by atoms with van der Waals surface area (Å²) in [6.07, 6.45) is 4.14. The van der Waals surface area contributed by atoms with E-state index in [0.29, 0.717) is 18.1 Å². The zero-order valence-electron chi connectivity index (χ0n) is 7.23. The Balaban J connectivity index is 2.22. The van der Waals surface area contributed by atoms with Crippen LogP contribution in [0.5, 0.6) is 0 Å². The molecule has 68 valence electrons. The molecule has 1 aliphatic rings. The van der Waals surface area contributed by atoms with E-state index in [1.54, 1.807) is 19.3 Å². The molecular formula is C8H9N3O2. The van der Waals surface area contributed by atoms with Crippen molar-refractivity contribution in [3.63, 3.8) is 0 Å². The van der Waals surface area contributed by atoms with Gasteiger partial charge in [0.25, 0.3) is 0 Å². The van der Waals surface area contributed by atoms with Crippen LogP contribution in [0.1, 0.15) is 16.9 Å². The first kappa shape index (κ1) is 7.97. The van der Waals surface area contributed by atoms with Crippen LogP contribution in [0.4, 0.5) is 0 Å². The van der Waals surface area contributed by atoms with Crippen molar-refractivity contribution in [2.24, 2.45) is 7.05 Å². The number of rotatable bonds is 2. The van der Waals surface area contributed by atoms with E-state index in [1.807, 2.05) is 0 Å². The van der Waals surface area contributed by atoms with Gasteiger partial charge in [-0.1, -0.05) is 5.21 Å². The minimum atomic E-state index is -0.189. The van der Waals surface area contributed by atoms with Gasteiger partial charge in [0, 0.05) is 13.5 Å². The number of ketones is 1. The fourth-order valence-corrected chi connectivity index (χ4v) is 1.15. The molecule has 0 N–H and O–H groups in total. The molecule has 1 aliphatic heterocycles. The number of carbonyl (C=O) groups is 1. The Morgan fingerprint density at radius 3 is 3.08 bits per heavy atom. The molecule has 2 heterocycles. The molecule has 13 heavy (non-hydrogen) atoms. The summed E-state index contributed by atoms with van der Waals surface area (Å²) in [5.74, 6) is 0.200. The van der Waals surface area contributed by atoms with Gasteiger partial charge in [0.1, 0.15) is 0 Å². The molecule has 0 amide bonds. The summed E-state index contributed by atoms with van der Waals surface area (Å²) >= 11 is 0. The minimum Gasteiger partial charge on any atom is -0.489 e. The normalized spacial score (nSPS) is 15.3. The fraction of sp³-hybridized carbons (Fsp3) is 0.375. The smallest absolute Gasteiger partial charge is 0.249 e. The molecule has 0 aliphatic carbocycles. The van der Waals surface area contributed by atoms with E-state index >= 15 is 0 Å². The van der Waals surface area contributed by atoms with Crippen LogP contribution >= 0.6 is 0 Å². The molecular weight excluding hydrogens is 170 g/mol. The number of ether oxygens (including phenoxy) is 1. The zero-order chi connectivity index (χ0) is 9.26. The number of Topliss-reactive ketones (excluding diaryl/α,β-unsaturated/α-hetero) is 1. The second-order valence-corrected chi connectivity index (χ2v) is 2.81. The molecule has 0 atom stereocenters. The van der Waals surface area contributed by atoms with Gasteiger partial charge in [-0.05, 0) is 6.08 Å². The third-order valence-electron chi connectivity index (χ3n) is 1.76. The standard InChI is InChI=1S/C8H9N3O2/c1-11-5-6(9-10-11)8(12)7-3-2-4-13-7/h3,5H,2,4H2,1H3. The Kier molecular flexibility index (Phi) is 1.84. The van der Waals surface area contributed by atoms with Crippen LogP contribution in [0, 0.1) is 0 Å². The lowest BCUT2D eigenvalue weighted by atomic mass is 10.2. The van der Waals surface area contributed by atoms with E-state index < -0.39 is 0 Å². The van der Waals surface area contributed by atoms with Crippen molar-refractivity contribution >= 4 is 5.78 Å². The molecule has 0 radical (unpaired) electrons. The van der Waals surface area contributed by atoms with Gasteiger partial charge in [0.2, 0.25) is 5.78 Å². The molecule has 0 saturated heterocycles. The van der Waals surface area contributed by atoms with E-state index in [-0.39, 0.29) is 5.78 Å². The highest BCUT2D eigenvalue weighted by atomic mass is 16.5. The number of aryl methyl sites for hydroxylation is 1. The lowest BCUT2D eigenvalue weighted by molar-refractivity contribution is 0.0937. The fourth-order valence-electron chi connectivity index (χ4n) is 1.15. The van der Waals surface area contributed by atoms with Gasteiger partial charge in [0.15, 0.2) is 11.5 Å². The Labute approximate surface area is 75.0 Å². The molecule has 0 aromatic carbocycles. The monoisotopic (exact) mass is 179 g/mol. The number of hydrogen-bond acceptors (Lipinski definition) is 4. The van der Waals surface area contributed by atoms with Crippen LogP contribution in [0.15, 0.2) is 18.0 Å². The number of hydrogen-bond donors (Lipinski definition) is 0. The molecule has 2 rings (SSSR count). The molecule has 1 aromatic rings. The van der Waals surface area contributed by atoms with E-state index in [9.17, 15) is 4.79 Å². The number of nitrogens with zero attached hydrogens (tertiary/aromatic N) is 3. The van der Waals surface area contributed by atoms with Crippen LogP contribution in [0.3, 0.4) is 0 Å². The first-order chi connectivity index (χ1) is 6.27. The van der Waals surface area contributed by atoms with Crippen molar-refractivity contribution in [1.29, 1.82) is 0 Å². The Morgan fingerprint density at radius 1 is 1.69 bits per heavy atom. The highest BCUT2D eigenvalue weighted by molar-refractivity contribution is 6.05. The third-order valence-corrected chi connectivity index (χ3v) is 1.76. The minimum absolute atomic E-state index is 0.189. The van der Waals surface area contributed by atoms with Crippen molar-refractivity contribution in [2.45, 2.75) is 6.42 Å². The number of allylic oxidation sites excluding steroid dienone is 1. The van der Waals surface area contributed by atoms with Crippen molar-refractivity contribution in [2.75, 3.05) is 6.61 Å². The number of aromatic nitrogens is 3. The Bertz CT molecular complexity index is 367. The first-order valence-corrected chi connectivity index (χ1v) is 4.01. The molecule has 5 nitrogen and oxygen atoms in total. The topological polar surface area (TPSA) is 57.0 Å². The summed E-state index contributed by atoms with van der Waals surface area (Å²) in [6, 6.07) is 0. The van der Waals surface area contributed by atoms with Crippen LogP contribution in [0.2, 0.25) is 0 Å². The highest BCUT2D eigenvalue weighted by Crippen LogP contribution is 2.13. The maximum Gasteiger partial charge on any atom is 0.249 e. The summed E-state index contributed by atoms with van der Waals surface area (Å²) in [5.41, 5.74) is 0.329. The Hall–Kier alpha value is -1.65. The maximum atomic E-state index is 11.6. The van der Waals surface area contributed by atoms with Gasteiger partial charge in [-0.2, -0.15) is 0 Å². The quantitative estimate of drug-likeness (QED) is 0.613. The van der Waals surface area contributed by atoms with Crippen molar-refractivity contribution < 1.29 is 9.53 Å². The molecule has 0 spiro atoms. The SMILES string of the molecule is Cn1cc(C(=O)C2=CCCO2)nn1. The zero-order valence-corrected chi connectivity index (χ0v) is 7.23. The van der Waals surface area contributed by atoms with Crippen LogP contribution in [-0.4, -0.2) is 27.4 Å². The predicted octanol–water partition coefficient (Wildman–Crippen LogP) is 0.302. The van der Waals surface area contributed by atoms with Gasteiger partial charge in [-0.15, -0.1) is 5.10 Å². The van der Waals surface area contributed by atoms with Gasteiger partial charge in [-0.25, -0.2) is 0 Å². The van der Waals surface area contributed by atoms with Gasteiger partial charge in [-0.3, -0.25) is 9.48 Å². The summed E-state index contributed by atoms with van der Waals surface area (Å²) in [6.45, 7) is 0.585. The van der Waals surface area contributed by atoms with Crippen molar-refractivity contribution in [1.82, 2.24) is 15.0 Å². The predicted molar refractivity (Wildman–Crippen MR) is 44.0 cm³/mol. The van der Waals surface area contributed by atoms with Crippen LogP contribution in [-0.2, 0) is 11.8 Å². The second-order valence-electron chi connectivity index (χ2n) is 2.81. The highest BCUT2D eigenvalue weighted by Gasteiger charge is 2.19. The summed E-state index contributed by atoms with van der Waals surface area (Å²) < 4.78 is 6.60. The van der Waals surface area contributed by atoms with Crippen LogP contribution < -0.4 is 0 Å². The summed E-state index contributed by atoms with van der Waals surface area (Å²) in [7, 11) is 1.72. The third kappa shape index (κ3) is 1.44. The number of carbonyl (C=O) groups excluding carboxylic acids is 1. The van der Waals surface area contributed by atoms with Gasteiger partial charge >= 0.3 is 0 Å². The average Bonchev–Trinajstić information content (AvgIpc) is 2.72. The molecule has 0 saturated carbocycles. The second kappa shape index (κ2) is 3.01. The maximum absolute atomic E-state index is 11.6. The summed E-state index contributed by atoms with van der Waals surface area (Å²) in [4.78, 5) is 11.6. The average molecular weight is 179 g/mol. The van der Waals surface area contributed by atoms with E-state index in [0.717, 1.165) is 6.42 Å². The van der Waals surface area contributed by atoms with E-state index in [1.165, 1.54) is 4.68 Å². The largest absolute Gasteiger partial charge is 0.489 e. The molecule has 0 bridgehead atoms. The van der Waals surface area contributed by atoms with Gasteiger partial charge in [0.05, 0.1) is 12.8 Å². The molecule has 0 unspecified atom stereocenters. The first-order valence-electron chi connectivity index (χ1n) is 4.01. The van der Waals surface area contributed by atoms with Crippen molar-refractivity contribution in [3.05, 3.63) is 23.7 Å². The van der Waals surface area contributed by atoms with Crippen molar-refractivity contribution in [3.8, 4) is 0 Å². The lowest BCUT2D eigenvalue weighted by Gasteiger charge is -1.97. The van der Waals surface area contributed by atoms with Gasteiger partial charge < -0.3 is 4.74 Å². The molecule has 1 aromatic heterocycles. The molecule has 0 fully saturated rings. The van der Waals surface area contributed by atoms with E-state index in [2.05, 4.69) is 10.3 Å². The molecule has 5 heteroatoms. The summed E-state index contributed by atoms with van der Waals surface area (Å²) in [5, 5.41) is 7.38. The lowest BCUT2D eigenvalue weighted by Crippen LogP contribution is -2.04. The van der Waals surface area contributed by atoms with E-state index in [4.69, 9.17) is 4.74 Å². The Morgan fingerprint density at radius 2 is 2.54 bits per heavy atom. The van der Waals surface area contributed by atoms with Crippen LogP contribution in [0.25, 0.3) is 0 Å².